The van der Waals surface area contributed by atoms with E-state index in [-0.39, 0.29) is 18.6 Å². The van der Waals surface area contributed by atoms with Crippen molar-refractivity contribution in [3.63, 3.8) is 0 Å². The van der Waals surface area contributed by atoms with Crippen LogP contribution in [0.1, 0.15) is 29.9 Å². The lowest BCUT2D eigenvalue weighted by Gasteiger charge is -2.15. The van der Waals surface area contributed by atoms with Gasteiger partial charge in [0.1, 0.15) is 18.2 Å². The molecule has 3 heterocycles. The zero-order valence-electron chi connectivity index (χ0n) is 16.9. The van der Waals surface area contributed by atoms with Gasteiger partial charge in [0.15, 0.2) is 5.82 Å². The van der Waals surface area contributed by atoms with Crippen molar-refractivity contribution in [3.05, 3.63) is 83.3 Å². The summed E-state index contributed by atoms with van der Waals surface area (Å²) in [6.45, 7) is 2.64. The largest absolute Gasteiger partial charge is 0.489 e. The summed E-state index contributed by atoms with van der Waals surface area (Å²) >= 11 is 1.57. The summed E-state index contributed by atoms with van der Waals surface area (Å²) in [5.41, 5.74) is 1.98. The summed E-state index contributed by atoms with van der Waals surface area (Å²) in [5.74, 6) is 1.99. The number of amides is 2. The van der Waals surface area contributed by atoms with Gasteiger partial charge in [-0.1, -0.05) is 24.3 Å². The molecule has 8 nitrogen and oxygen atoms in total. The molecule has 0 saturated heterocycles. The highest BCUT2D eigenvalue weighted by atomic mass is 32.1. The summed E-state index contributed by atoms with van der Waals surface area (Å²) in [6, 6.07) is 15.0. The molecule has 0 fully saturated rings. The molecule has 4 aromatic rings. The predicted molar refractivity (Wildman–Crippen MR) is 118 cm³/mol. The quantitative estimate of drug-likeness (QED) is 0.388. The Morgan fingerprint density at radius 2 is 2.06 bits per heavy atom. The SMILES string of the molecule is CC(NC(=O)NCc1nc(-c2cccs2)n[nH]1)c1ccc(OCc2cccnc2)cc1. The van der Waals surface area contributed by atoms with Gasteiger partial charge in [0.05, 0.1) is 17.5 Å². The van der Waals surface area contributed by atoms with E-state index in [9.17, 15) is 4.79 Å². The number of hydrogen-bond acceptors (Lipinski definition) is 6. The number of H-pyrrole nitrogens is 1. The van der Waals surface area contributed by atoms with Gasteiger partial charge in [0.25, 0.3) is 0 Å². The molecule has 4 rings (SSSR count). The van der Waals surface area contributed by atoms with Crippen molar-refractivity contribution in [2.24, 2.45) is 0 Å². The molecule has 1 atom stereocenters. The number of pyridine rings is 1. The highest BCUT2D eigenvalue weighted by Crippen LogP contribution is 2.20. The Morgan fingerprint density at radius 1 is 1.19 bits per heavy atom. The fourth-order valence-corrected chi connectivity index (χ4v) is 3.55. The van der Waals surface area contributed by atoms with Crippen LogP contribution in [0.4, 0.5) is 4.79 Å². The van der Waals surface area contributed by atoms with Crippen molar-refractivity contribution in [3.8, 4) is 16.5 Å². The van der Waals surface area contributed by atoms with Gasteiger partial charge in [-0.3, -0.25) is 10.1 Å². The van der Waals surface area contributed by atoms with Gasteiger partial charge in [-0.05, 0) is 42.1 Å². The fraction of sp³-hybridized carbons (Fsp3) is 0.182. The molecule has 9 heteroatoms. The molecular weight excluding hydrogens is 412 g/mol. The summed E-state index contributed by atoms with van der Waals surface area (Å²) in [6.07, 6.45) is 3.51. The van der Waals surface area contributed by atoms with E-state index in [1.165, 1.54) is 0 Å². The van der Waals surface area contributed by atoms with Crippen molar-refractivity contribution < 1.29 is 9.53 Å². The van der Waals surface area contributed by atoms with Gasteiger partial charge >= 0.3 is 6.03 Å². The molecule has 0 aliphatic rings. The number of hydrogen-bond donors (Lipinski definition) is 3. The number of carbonyl (C=O) groups excluding carboxylic acids is 1. The van der Waals surface area contributed by atoms with Crippen molar-refractivity contribution >= 4 is 17.4 Å². The zero-order valence-corrected chi connectivity index (χ0v) is 17.7. The number of urea groups is 1. The lowest BCUT2D eigenvalue weighted by atomic mass is 10.1. The highest BCUT2D eigenvalue weighted by molar-refractivity contribution is 7.13. The lowest BCUT2D eigenvalue weighted by Crippen LogP contribution is -2.36. The molecule has 31 heavy (non-hydrogen) atoms. The Morgan fingerprint density at radius 3 is 2.81 bits per heavy atom. The molecule has 0 aliphatic heterocycles. The minimum Gasteiger partial charge on any atom is -0.489 e. The molecule has 0 saturated carbocycles. The Kier molecular flexibility index (Phi) is 6.53. The summed E-state index contributed by atoms with van der Waals surface area (Å²) in [4.78, 5) is 21.7. The second-order valence-electron chi connectivity index (χ2n) is 6.85. The molecule has 0 bridgehead atoms. The van der Waals surface area contributed by atoms with E-state index in [1.807, 2.05) is 60.8 Å². The molecule has 158 valence electrons. The van der Waals surface area contributed by atoms with Gasteiger partial charge in [0, 0.05) is 18.0 Å². The van der Waals surface area contributed by atoms with E-state index >= 15 is 0 Å². The highest BCUT2D eigenvalue weighted by Gasteiger charge is 2.11. The first-order valence-corrected chi connectivity index (χ1v) is 10.7. The summed E-state index contributed by atoms with van der Waals surface area (Å²) < 4.78 is 5.77. The third kappa shape index (κ3) is 5.67. The Labute approximate surface area is 183 Å². The first kappa shape index (κ1) is 20.5. The van der Waals surface area contributed by atoms with Crippen LogP contribution in [0.3, 0.4) is 0 Å². The van der Waals surface area contributed by atoms with Crippen LogP contribution in [0, 0.1) is 0 Å². The van der Waals surface area contributed by atoms with Crippen molar-refractivity contribution in [1.29, 1.82) is 0 Å². The van der Waals surface area contributed by atoms with E-state index < -0.39 is 0 Å². The number of aromatic nitrogens is 4. The minimum absolute atomic E-state index is 0.163. The number of thiophene rings is 1. The summed E-state index contributed by atoms with van der Waals surface area (Å²) in [5, 5.41) is 14.7. The smallest absolute Gasteiger partial charge is 0.315 e. The third-order valence-corrected chi connectivity index (χ3v) is 5.41. The lowest BCUT2D eigenvalue weighted by molar-refractivity contribution is 0.237. The molecule has 1 unspecified atom stereocenters. The molecule has 2 amide bonds. The third-order valence-electron chi connectivity index (χ3n) is 4.55. The van der Waals surface area contributed by atoms with Crippen LogP contribution in [0.15, 0.2) is 66.3 Å². The van der Waals surface area contributed by atoms with Crippen LogP contribution in [0.25, 0.3) is 10.7 Å². The number of carbonyl (C=O) groups is 1. The number of benzene rings is 1. The Hall–Kier alpha value is -3.72. The van der Waals surface area contributed by atoms with E-state index in [2.05, 4.69) is 30.8 Å². The van der Waals surface area contributed by atoms with Crippen LogP contribution >= 0.6 is 11.3 Å². The molecule has 3 N–H and O–H groups in total. The van der Waals surface area contributed by atoms with Crippen LogP contribution in [0.5, 0.6) is 5.75 Å². The number of aromatic amines is 1. The van der Waals surface area contributed by atoms with Crippen molar-refractivity contribution in [2.45, 2.75) is 26.1 Å². The zero-order chi connectivity index (χ0) is 21.5. The average Bonchev–Trinajstić information content (AvgIpc) is 3.49. The molecular formula is C22H22N6O2S. The minimum atomic E-state index is -0.279. The number of nitrogens with one attached hydrogen (secondary N) is 3. The van der Waals surface area contributed by atoms with E-state index in [1.54, 1.807) is 23.7 Å². The Balaban J connectivity index is 1.24. The fourth-order valence-electron chi connectivity index (χ4n) is 2.89. The second kappa shape index (κ2) is 9.86. The number of rotatable bonds is 8. The number of ether oxygens (including phenoxy) is 1. The van der Waals surface area contributed by atoms with E-state index in [0.29, 0.717) is 18.3 Å². The second-order valence-corrected chi connectivity index (χ2v) is 7.80. The van der Waals surface area contributed by atoms with Gasteiger partial charge in [0.2, 0.25) is 0 Å². The normalized spacial score (nSPS) is 11.6. The van der Waals surface area contributed by atoms with Gasteiger partial charge in [-0.15, -0.1) is 11.3 Å². The van der Waals surface area contributed by atoms with Gasteiger partial charge in [-0.25, -0.2) is 9.78 Å². The maximum atomic E-state index is 12.2. The average molecular weight is 435 g/mol. The molecule has 0 radical (unpaired) electrons. The van der Waals surface area contributed by atoms with E-state index in [4.69, 9.17) is 4.74 Å². The van der Waals surface area contributed by atoms with Gasteiger partial charge in [-0.2, -0.15) is 5.10 Å². The Bertz CT molecular complexity index is 1100. The molecule has 1 aromatic carbocycles. The van der Waals surface area contributed by atoms with Crippen molar-refractivity contribution in [1.82, 2.24) is 30.8 Å². The van der Waals surface area contributed by atoms with Crippen LogP contribution in [0.2, 0.25) is 0 Å². The van der Waals surface area contributed by atoms with E-state index in [0.717, 1.165) is 21.8 Å². The standard InChI is InChI=1S/C22H22N6O2S/c1-15(17-6-8-18(9-7-17)30-14-16-4-2-10-23-12-16)25-22(29)24-13-20-26-21(28-27-20)19-5-3-11-31-19/h2-12,15H,13-14H2,1H3,(H2,24,25,29)(H,26,27,28). The number of nitrogens with zero attached hydrogens (tertiary/aromatic N) is 3. The maximum absolute atomic E-state index is 12.2. The first-order valence-electron chi connectivity index (χ1n) is 9.78. The van der Waals surface area contributed by atoms with Crippen LogP contribution in [-0.4, -0.2) is 26.2 Å². The summed E-state index contributed by atoms with van der Waals surface area (Å²) in [7, 11) is 0. The topological polar surface area (TPSA) is 105 Å². The van der Waals surface area contributed by atoms with Crippen LogP contribution in [-0.2, 0) is 13.2 Å². The van der Waals surface area contributed by atoms with Crippen LogP contribution < -0.4 is 15.4 Å². The monoisotopic (exact) mass is 434 g/mol. The first-order chi connectivity index (χ1) is 15.2. The van der Waals surface area contributed by atoms with Gasteiger partial charge < -0.3 is 15.4 Å². The van der Waals surface area contributed by atoms with Crippen molar-refractivity contribution in [2.75, 3.05) is 0 Å². The molecule has 0 aliphatic carbocycles. The molecule has 0 spiro atoms. The maximum Gasteiger partial charge on any atom is 0.315 e. The molecule has 3 aromatic heterocycles. The predicted octanol–water partition coefficient (Wildman–Crippen LogP) is 4.07.